The normalized spacial score (nSPS) is 11.2. The zero-order chi connectivity index (χ0) is 13.9. The molecule has 0 bridgehead atoms. The van der Waals surface area contributed by atoms with Gasteiger partial charge in [0.05, 0.1) is 19.6 Å². The predicted octanol–water partition coefficient (Wildman–Crippen LogP) is 2.50. The van der Waals surface area contributed by atoms with Gasteiger partial charge < -0.3 is 14.6 Å². The number of benzene rings is 1. The lowest BCUT2D eigenvalue weighted by Crippen LogP contribution is -2.26. The third-order valence-corrected chi connectivity index (χ3v) is 2.77. The minimum atomic E-state index is -0.992. The van der Waals surface area contributed by atoms with Crippen LogP contribution >= 0.6 is 0 Å². The maximum Gasteiger partial charge on any atom is 0.309 e. The van der Waals surface area contributed by atoms with Gasteiger partial charge in [0.2, 0.25) is 0 Å². The fourth-order valence-electron chi connectivity index (χ4n) is 1.61. The van der Waals surface area contributed by atoms with Gasteiger partial charge in [-0.3, -0.25) is 4.79 Å². The molecule has 0 saturated heterocycles. The number of ether oxygens (including phenoxy) is 2. The molecule has 0 aliphatic carbocycles. The monoisotopic (exact) mass is 256 g/mol. The first-order valence-corrected chi connectivity index (χ1v) is 5.45. The highest BCUT2D eigenvalue weighted by molar-refractivity contribution is 5.74. The van der Waals surface area contributed by atoms with Crippen LogP contribution in [0, 0.1) is 11.2 Å². The molecule has 4 nitrogen and oxygen atoms in total. The van der Waals surface area contributed by atoms with Crippen LogP contribution in [0.25, 0.3) is 0 Å². The summed E-state index contributed by atoms with van der Waals surface area (Å²) in [6, 6.07) is 2.67. The highest BCUT2D eigenvalue weighted by Crippen LogP contribution is 2.32. The van der Waals surface area contributed by atoms with Crippen molar-refractivity contribution in [1.29, 1.82) is 0 Å². The topological polar surface area (TPSA) is 55.8 Å². The van der Waals surface area contributed by atoms with Gasteiger partial charge in [-0.15, -0.1) is 0 Å². The van der Waals surface area contributed by atoms with Crippen LogP contribution in [0.1, 0.15) is 19.4 Å². The number of hydrogen-bond acceptors (Lipinski definition) is 3. The Labute approximate surface area is 105 Å². The average Bonchev–Trinajstić information content (AvgIpc) is 2.28. The predicted molar refractivity (Wildman–Crippen MR) is 64.6 cm³/mol. The Bertz CT molecular complexity index is 455. The van der Waals surface area contributed by atoms with E-state index in [1.54, 1.807) is 13.8 Å². The smallest absolute Gasteiger partial charge is 0.309 e. The van der Waals surface area contributed by atoms with Crippen LogP contribution in [0.2, 0.25) is 0 Å². The van der Waals surface area contributed by atoms with Crippen molar-refractivity contribution in [3.63, 3.8) is 0 Å². The highest BCUT2D eigenvalue weighted by atomic mass is 19.1. The molecule has 1 N–H and O–H groups in total. The Balaban J connectivity index is 3.16. The van der Waals surface area contributed by atoms with E-state index in [-0.39, 0.29) is 12.2 Å². The van der Waals surface area contributed by atoms with Gasteiger partial charge in [0.15, 0.2) is 11.6 Å². The standard InChI is InChI=1S/C13H17FO4/c1-13(2,12(15)16)7-8-5-9(14)11(18-4)6-10(8)17-3/h5-6H,7H2,1-4H3,(H,15,16). The molecule has 0 aliphatic rings. The molecule has 0 fully saturated rings. The van der Waals surface area contributed by atoms with Gasteiger partial charge in [-0.25, -0.2) is 4.39 Å². The van der Waals surface area contributed by atoms with E-state index in [4.69, 9.17) is 14.6 Å². The molecule has 0 amide bonds. The highest BCUT2D eigenvalue weighted by Gasteiger charge is 2.29. The molecule has 5 heteroatoms. The Morgan fingerprint density at radius 1 is 1.28 bits per heavy atom. The number of halogens is 1. The lowest BCUT2D eigenvalue weighted by molar-refractivity contribution is -0.146. The van der Waals surface area contributed by atoms with Crippen molar-refractivity contribution in [2.45, 2.75) is 20.3 Å². The van der Waals surface area contributed by atoms with Crippen LogP contribution in [0.5, 0.6) is 11.5 Å². The molecule has 0 atom stereocenters. The van der Waals surface area contributed by atoms with Gasteiger partial charge in [0.1, 0.15) is 5.75 Å². The number of rotatable bonds is 5. The van der Waals surface area contributed by atoms with Gasteiger partial charge in [-0.2, -0.15) is 0 Å². The first kappa shape index (κ1) is 14.3. The summed E-state index contributed by atoms with van der Waals surface area (Å²) in [6.45, 7) is 3.16. The van der Waals surface area contributed by atoms with E-state index in [1.807, 2.05) is 0 Å². The molecule has 1 rings (SSSR count). The minimum Gasteiger partial charge on any atom is -0.496 e. The molecule has 0 heterocycles. The number of hydrogen-bond donors (Lipinski definition) is 1. The Kier molecular flexibility index (Phi) is 4.16. The zero-order valence-corrected chi connectivity index (χ0v) is 10.9. The molecule has 0 saturated carbocycles. The van der Waals surface area contributed by atoms with Gasteiger partial charge in [-0.1, -0.05) is 0 Å². The number of carboxylic acids is 1. The van der Waals surface area contributed by atoms with Crippen molar-refractivity contribution in [3.05, 3.63) is 23.5 Å². The van der Waals surface area contributed by atoms with E-state index < -0.39 is 17.2 Å². The maximum atomic E-state index is 13.6. The summed E-state index contributed by atoms with van der Waals surface area (Å²) in [7, 11) is 2.81. The first-order valence-electron chi connectivity index (χ1n) is 5.45. The van der Waals surface area contributed by atoms with Crippen molar-refractivity contribution in [2.24, 2.45) is 5.41 Å². The van der Waals surface area contributed by atoms with Crippen molar-refractivity contribution in [3.8, 4) is 11.5 Å². The van der Waals surface area contributed by atoms with Gasteiger partial charge in [0.25, 0.3) is 0 Å². The van der Waals surface area contributed by atoms with Crippen LogP contribution in [-0.4, -0.2) is 25.3 Å². The summed E-state index contributed by atoms with van der Waals surface area (Å²) in [5.41, 5.74) is -0.489. The van der Waals surface area contributed by atoms with Gasteiger partial charge >= 0.3 is 5.97 Å². The molecule has 0 aliphatic heterocycles. The molecule has 0 radical (unpaired) electrons. The molecule has 18 heavy (non-hydrogen) atoms. The average molecular weight is 256 g/mol. The maximum absolute atomic E-state index is 13.6. The molecule has 1 aromatic rings. The third-order valence-electron chi connectivity index (χ3n) is 2.77. The van der Waals surface area contributed by atoms with Crippen molar-refractivity contribution in [2.75, 3.05) is 14.2 Å². The lowest BCUT2D eigenvalue weighted by Gasteiger charge is -2.21. The van der Waals surface area contributed by atoms with Crippen molar-refractivity contribution in [1.82, 2.24) is 0 Å². The van der Waals surface area contributed by atoms with E-state index in [0.717, 1.165) is 0 Å². The number of methoxy groups -OCH3 is 2. The van der Waals surface area contributed by atoms with Crippen LogP contribution in [-0.2, 0) is 11.2 Å². The van der Waals surface area contributed by atoms with E-state index in [9.17, 15) is 9.18 Å². The number of carboxylic acid groups (broad SMARTS) is 1. The second kappa shape index (κ2) is 5.25. The second-order valence-corrected chi connectivity index (χ2v) is 4.66. The van der Waals surface area contributed by atoms with Crippen LogP contribution < -0.4 is 9.47 Å². The summed E-state index contributed by atoms with van der Waals surface area (Å²) in [5.74, 6) is -0.985. The largest absolute Gasteiger partial charge is 0.496 e. The van der Waals surface area contributed by atoms with Crippen LogP contribution in [0.15, 0.2) is 12.1 Å². The Hall–Kier alpha value is -1.78. The zero-order valence-electron chi connectivity index (χ0n) is 10.9. The van der Waals surface area contributed by atoms with E-state index in [1.165, 1.54) is 26.4 Å². The fourth-order valence-corrected chi connectivity index (χ4v) is 1.61. The van der Waals surface area contributed by atoms with E-state index >= 15 is 0 Å². The fraction of sp³-hybridized carbons (Fsp3) is 0.462. The quantitative estimate of drug-likeness (QED) is 0.879. The first-order chi connectivity index (χ1) is 8.31. The Morgan fingerprint density at radius 2 is 1.83 bits per heavy atom. The van der Waals surface area contributed by atoms with Crippen LogP contribution in [0.3, 0.4) is 0 Å². The van der Waals surface area contributed by atoms with Crippen molar-refractivity contribution >= 4 is 5.97 Å². The minimum absolute atomic E-state index is 0.0729. The second-order valence-electron chi connectivity index (χ2n) is 4.66. The Morgan fingerprint density at radius 3 is 2.28 bits per heavy atom. The number of aliphatic carboxylic acids is 1. The summed E-state index contributed by atoms with van der Waals surface area (Å²) in [4.78, 5) is 11.1. The molecule has 100 valence electrons. The molecule has 0 spiro atoms. The van der Waals surface area contributed by atoms with E-state index in [2.05, 4.69) is 0 Å². The molecular weight excluding hydrogens is 239 g/mol. The summed E-state index contributed by atoms with van der Waals surface area (Å²) in [6.07, 6.45) is 0.173. The summed E-state index contributed by atoms with van der Waals surface area (Å²) < 4.78 is 23.6. The lowest BCUT2D eigenvalue weighted by atomic mass is 9.85. The van der Waals surface area contributed by atoms with E-state index in [0.29, 0.717) is 11.3 Å². The van der Waals surface area contributed by atoms with Gasteiger partial charge in [-0.05, 0) is 31.9 Å². The van der Waals surface area contributed by atoms with Crippen LogP contribution in [0.4, 0.5) is 4.39 Å². The summed E-state index contributed by atoms with van der Waals surface area (Å²) in [5, 5.41) is 9.08. The van der Waals surface area contributed by atoms with Gasteiger partial charge in [0, 0.05) is 6.07 Å². The molecule has 0 unspecified atom stereocenters. The SMILES string of the molecule is COc1cc(OC)c(CC(C)(C)C(=O)O)cc1F. The third kappa shape index (κ3) is 2.91. The molecular formula is C13H17FO4. The molecule has 0 aromatic heterocycles. The van der Waals surface area contributed by atoms with Crippen molar-refractivity contribution < 1.29 is 23.8 Å². The summed E-state index contributed by atoms with van der Waals surface area (Å²) >= 11 is 0. The number of carbonyl (C=O) groups is 1. The molecule has 1 aromatic carbocycles.